The van der Waals surface area contributed by atoms with Gasteiger partial charge in [-0.25, -0.2) is 4.98 Å². The Hall–Kier alpha value is -2.18. The summed E-state index contributed by atoms with van der Waals surface area (Å²) in [6.45, 7) is 1.55. The summed E-state index contributed by atoms with van der Waals surface area (Å²) >= 11 is 0. The number of carbonyl (C=O) groups is 1. The van der Waals surface area contributed by atoms with E-state index in [1.807, 2.05) is 10.6 Å². The summed E-state index contributed by atoms with van der Waals surface area (Å²) in [5.74, 6) is 0.704. The van der Waals surface area contributed by atoms with Crippen molar-refractivity contribution in [2.24, 2.45) is 5.92 Å². The van der Waals surface area contributed by atoms with Crippen LogP contribution in [0.5, 0.6) is 0 Å². The molecule has 1 aliphatic rings. The Kier molecular flexibility index (Phi) is 3.02. The number of piperidine rings is 1. The van der Waals surface area contributed by atoms with E-state index in [1.165, 1.54) is 7.11 Å². The van der Waals surface area contributed by atoms with Crippen molar-refractivity contribution in [3.63, 3.8) is 0 Å². The average molecular weight is 261 g/mol. The summed E-state index contributed by atoms with van der Waals surface area (Å²) < 4.78 is 6.63. The Labute approximate surface area is 110 Å². The van der Waals surface area contributed by atoms with Crippen molar-refractivity contribution in [3.8, 4) is 0 Å². The van der Waals surface area contributed by atoms with Gasteiger partial charge in [0.2, 0.25) is 5.65 Å². The van der Waals surface area contributed by atoms with Crippen molar-refractivity contribution < 1.29 is 9.53 Å². The van der Waals surface area contributed by atoms with Crippen molar-refractivity contribution >= 4 is 17.4 Å². The zero-order valence-corrected chi connectivity index (χ0v) is 10.7. The van der Waals surface area contributed by atoms with E-state index in [0.717, 1.165) is 37.4 Å². The molecule has 1 saturated heterocycles. The maximum absolute atomic E-state index is 11.5. The van der Waals surface area contributed by atoms with Crippen LogP contribution in [0.2, 0.25) is 0 Å². The molecule has 3 rings (SSSR count). The second kappa shape index (κ2) is 4.83. The maximum Gasteiger partial charge on any atom is 0.308 e. The third kappa shape index (κ3) is 2.11. The van der Waals surface area contributed by atoms with Gasteiger partial charge >= 0.3 is 5.97 Å². The highest BCUT2D eigenvalue weighted by molar-refractivity contribution is 5.73. The molecule has 0 unspecified atom stereocenters. The van der Waals surface area contributed by atoms with Gasteiger partial charge in [-0.1, -0.05) is 0 Å². The molecule has 0 saturated carbocycles. The third-order valence-corrected chi connectivity index (χ3v) is 3.53. The quantitative estimate of drug-likeness (QED) is 0.734. The average Bonchev–Trinajstić information content (AvgIpc) is 2.95. The van der Waals surface area contributed by atoms with E-state index < -0.39 is 0 Å². The number of rotatable bonds is 2. The predicted octanol–water partition coefficient (Wildman–Crippen LogP) is 0.514. The molecule has 0 amide bonds. The number of hydrogen-bond acceptors (Lipinski definition) is 6. The SMILES string of the molecule is COC(=O)C1CCN(c2nccn3cnnc23)CC1. The lowest BCUT2D eigenvalue weighted by Gasteiger charge is -2.31. The second-order valence-corrected chi connectivity index (χ2v) is 4.60. The molecule has 7 nitrogen and oxygen atoms in total. The van der Waals surface area contributed by atoms with Crippen molar-refractivity contribution in [3.05, 3.63) is 18.7 Å². The Morgan fingerprint density at radius 3 is 2.95 bits per heavy atom. The van der Waals surface area contributed by atoms with E-state index in [2.05, 4.69) is 20.1 Å². The van der Waals surface area contributed by atoms with Crippen LogP contribution in [-0.4, -0.2) is 45.8 Å². The van der Waals surface area contributed by atoms with E-state index >= 15 is 0 Å². The summed E-state index contributed by atoms with van der Waals surface area (Å²) in [6.07, 6.45) is 6.77. The van der Waals surface area contributed by atoms with Crippen LogP contribution in [0.25, 0.3) is 5.65 Å². The van der Waals surface area contributed by atoms with E-state index in [-0.39, 0.29) is 11.9 Å². The van der Waals surface area contributed by atoms with Crippen molar-refractivity contribution in [2.45, 2.75) is 12.8 Å². The lowest BCUT2D eigenvalue weighted by Crippen LogP contribution is -2.37. The van der Waals surface area contributed by atoms with Gasteiger partial charge in [0.25, 0.3) is 0 Å². The first kappa shape index (κ1) is 11.9. The van der Waals surface area contributed by atoms with E-state index in [0.29, 0.717) is 0 Å². The van der Waals surface area contributed by atoms with Crippen molar-refractivity contribution in [1.82, 2.24) is 19.6 Å². The summed E-state index contributed by atoms with van der Waals surface area (Å²) in [5, 5.41) is 7.97. The molecule has 2 aromatic rings. The van der Waals surface area contributed by atoms with Crippen molar-refractivity contribution in [2.75, 3.05) is 25.1 Å². The molecule has 0 aromatic carbocycles. The lowest BCUT2D eigenvalue weighted by molar-refractivity contribution is -0.146. The van der Waals surface area contributed by atoms with E-state index in [1.54, 1.807) is 12.5 Å². The standard InChI is InChI=1S/C12H15N5O2/c1-19-12(18)9-2-5-16(6-3-9)10-11-15-14-8-17(11)7-4-13-10/h4,7-9H,2-3,5-6H2,1H3. The minimum Gasteiger partial charge on any atom is -0.469 e. The van der Waals surface area contributed by atoms with Gasteiger partial charge < -0.3 is 9.64 Å². The van der Waals surface area contributed by atoms with Crippen LogP contribution in [0, 0.1) is 5.92 Å². The monoisotopic (exact) mass is 261 g/mol. The first-order valence-corrected chi connectivity index (χ1v) is 6.26. The summed E-state index contributed by atoms with van der Waals surface area (Å²) in [7, 11) is 1.44. The molecule has 0 aliphatic carbocycles. The highest BCUT2D eigenvalue weighted by Gasteiger charge is 2.27. The minimum atomic E-state index is -0.117. The predicted molar refractivity (Wildman–Crippen MR) is 67.7 cm³/mol. The van der Waals surface area contributed by atoms with Gasteiger partial charge in [-0.15, -0.1) is 10.2 Å². The van der Waals surface area contributed by atoms with Crippen LogP contribution >= 0.6 is 0 Å². The fraction of sp³-hybridized carbons (Fsp3) is 0.500. The fourth-order valence-corrected chi connectivity index (χ4v) is 2.46. The maximum atomic E-state index is 11.5. The number of esters is 1. The van der Waals surface area contributed by atoms with Gasteiger partial charge in [0.15, 0.2) is 5.82 Å². The number of ether oxygens (including phenoxy) is 1. The Morgan fingerprint density at radius 1 is 1.42 bits per heavy atom. The summed E-state index contributed by atoms with van der Waals surface area (Å²) in [6, 6.07) is 0. The molecule has 1 aliphatic heterocycles. The van der Waals surface area contributed by atoms with Crippen LogP contribution in [0.1, 0.15) is 12.8 Å². The number of nitrogens with zero attached hydrogens (tertiary/aromatic N) is 5. The topological polar surface area (TPSA) is 72.6 Å². The number of hydrogen-bond donors (Lipinski definition) is 0. The molecule has 1 fully saturated rings. The van der Waals surface area contributed by atoms with Gasteiger partial charge in [0.1, 0.15) is 6.33 Å². The molecule has 0 bridgehead atoms. The van der Waals surface area contributed by atoms with Crippen LogP contribution in [0.15, 0.2) is 18.7 Å². The van der Waals surface area contributed by atoms with Gasteiger partial charge in [-0.3, -0.25) is 9.20 Å². The molecule has 7 heteroatoms. The van der Waals surface area contributed by atoms with Crippen LogP contribution in [0.3, 0.4) is 0 Å². The fourth-order valence-electron chi connectivity index (χ4n) is 2.46. The highest BCUT2D eigenvalue weighted by Crippen LogP contribution is 2.24. The number of carbonyl (C=O) groups excluding carboxylic acids is 1. The number of anilines is 1. The smallest absolute Gasteiger partial charge is 0.308 e. The van der Waals surface area contributed by atoms with Gasteiger partial charge in [-0.05, 0) is 12.8 Å². The third-order valence-electron chi connectivity index (χ3n) is 3.53. The summed E-state index contributed by atoms with van der Waals surface area (Å²) in [5.41, 5.74) is 0.749. The Balaban J connectivity index is 1.78. The van der Waals surface area contributed by atoms with Crippen LogP contribution in [0.4, 0.5) is 5.82 Å². The minimum absolute atomic E-state index is 0.00106. The molecule has 0 atom stereocenters. The molecule has 2 aromatic heterocycles. The molecular weight excluding hydrogens is 246 g/mol. The number of aromatic nitrogens is 4. The Bertz CT molecular complexity index is 589. The molecule has 100 valence electrons. The molecule has 0 spiro atoms. The highest BCUT2D eigenvalue weighted by atomic mass is 16.5. The molecule has 0 N–H and O–H groups in total. The largest absolute Gasteiger partial charge is 0.469 e. The zero-order valence-electron chi connectivity index (χ0n) is 10.7. The van der Waals surface area contributed by atoms with Gasteiger partial charge in [-0.2, -0.15) is 0 Å². The molecule has 0 radical (unpaired) electrons. The first-order chi connectivity index (χ1) is 9.29. The first-order valence-electron chi connectivity index (χ1n) is 6.26. The van der Waals surface area contributed by atoms with Crippen LogP contribution in [-0.2, 0) is 9.53 Å². The van der Waals surface area contributed by atoms with Crippen LogP contribution < -0.4 is 4.90 Å². The van der Waals surface area contributed by atoms with E-state index in [9.17, 15) is 4.79 Å². The molecular formula is C12H15N5O2. The number of methoxy groups -OCH3 is 1. The van der Waals surface area contributed by atoms with Gasteiger partial charge in [0, 0.05) is 25.5 Å². The second-order valence-electron chi connectivity index (χ2n) is 4.60. The Morgan fingerprint density at radius 2 is 2.21 bits per heavy atom. The zero-order chi connectivity index (χ0) is 13.2. The molecule has 3 heterocycles. The lowest BCUT2D eigenvalue weighted by atomic mass is 9.97. The number of fused-ring (bicyclic) bond motifs is 1. The van der Waals surface area contributed by atoms with E-state index in [4.69, 9.17) is 4.74 Å². The van der Waals surface area contributed by atoms with Crippen molar-refractivity contribution in [1.29, 1.82) is 0 Å². The summed E-state index contributed by atoms with van der Waals surface area (Å²) in [4.78, 5) is 18.0. The molecule has 19 heavy (non-hydrogen) atoms. The van der Waals surface area contributed by atoms with Gasteiger partial charge in [0.05, 0.1) is 13.0 Å². The normalized spacial score (nSPS) is 16.8.